The molecule has 0 unspecified atom stereocenters. The summed E-state index contributed by atoms with van der Waals surface area (Å²) in [5.74, 6) is -0.757. The number of carbonyl (C=O) groups excluding carboxylic acids is 1. The van der Waals surface area contributed by atoms with Crippen molar-refractivity contribution in [2.75, 3.05) is 6.26 Å². The van der Waals surface area contributed by atoms with Crippen molar-refractivity contribution in [2.24, 2.45) is 5.73 Å². The first-order valence-electron chi connectivity index (χ1n) is 9.97. The van der Waals surface area contributed by atoms with Crippen molar-refractivity contribution in [2.45, 2.75) is 19.2 Å². The lowest BCUT2D eigenvalue weighted by Crippen LogP contribution is -2.15. The van der Waals surface area contributed by atoms with Gasteiger partial charge in [-0.05, 0) is 25.1 Å². The molecule has 0 aliphatic rings. The number of imidazole rings is 1. The maximum atomic E-state index is 13.4. The Hall–Kier alpha value is -3.58. The average molecular weight is 526 g/mol. The van der Waals surface area contributed by atoms with Gasteiger partial charge in [-0.2, -0.15) is 21.6 Å². The number of rotatable bonds is 7. The molecule has 8 nitrogen and oxygen atoms in total. The van der Waals surface area contributed by atoms with Crippen LogP contribution in [0, 0.1) is 0 Å². The predicted octanol–water partition coefficient (Wildman–Crippen LogP) is 4.68. The first-order valence-corrected chi connectivity index (χ1v) is 12.6. The van der Waals surface area contributed by atoms with Gasteiger partial charge in [-0.1, -0.05) is 18.2 Å². The zero-order valence-corrected chi connectivity index (χ0v) is 19.9. The molecule has 13 heteroatoms. The zero-order valence-electron chi connectivity index (χ0n) is 18.2. The molecular weight excluding hydrogens is 507 g/mol. The summed E-state index contributed by atoms with van der Waals surface area (Å²) in [5, 5.41) is 0.420. The van der Waals surface area contributed by atoms with Gasteiger partial charge in [0.1, 0.15) is 33.8 Å². The first kappa shape index (κ1) is 24.5. The molecule has 0 radical (unpaired) electrons. The number of thiophene rings is 1. The van der Waals surface area contributed by atoms with Crippen molar-refractivity contribution in [3.8, 4) is 16.5 Å². The number of hydrogen-bond acceptors (Lipinski definition) is 7. The summed E-state index contributed by atoms with van der Waals surface area (Å²) in [4.78, 5) is 16.3. The van der Waals surface area contributed by atoms with Crippen molar-refractivity contribution in [3.05, 3.63) is 70.9 Å². The molecule has 0 aliphatic carbocycles. The highest BCUT2D eigenvalue weighted by atomic mass is 32.2. The summed E-state index contributed by atoms with van der Waals surface area (Å²) >= 11 is 0.948. The summed E-state index contributed by atoms with van der Waals surface area (Å²) in [6, 6.07) is 10.9. The molecule has 0 saturated carbocycles. The number of benzene rings is 2. The van der Waals surface area contributed by atoms with E-state index in [4.69, 9.17) is 14.7 Å². The number of carbonyl (C=O) groups is 1. The number of fused-ring (bicyclic) bond motifs is 1. The molecule has 0 saturated heterocycles. The Morgan fingerprint density at radius 2 is 1.89 bits per heavy atom. The van der Waals surface area contributed by atoms with Crippen molar-refractivity contribution >= 4 is 38.4 Å². The fraction of sp³-hybridized carbons (Fsp3) is 0.182. The van der Waals surface area contributed by atoms with Crippen LogP contribution in [0.1, 0.15) is 33.8 Å². The molecule has 0 fully saturated rings. The lowest BCUT2D eigenvalue weighted by molar-refractivity contribution is -0.139. The van der Waals surface area contributed by atoms with E-state index in [1.54, 1.807) is 10.6 Å². The summed E-state index contributed by atoms with van der Waals surface area (Å²) in [6.07, 6.45) is -3.28. The molecule has 0 spiro atoms. The topological polar surface area (TPSA) is 114 Å². The van der Waals surface area contributed by atoms with Crippen LogP contribution in [0.25, 0.3) is 16.0 Å². The maximum absolute atomic E-state index is 13.4. The molecule has 1 amide bonds. The molecule has 2 aromatic carbocycles. The minimum atomic E-state index is -4.58. The number of primary amides is 1. The Bertz CT molecular complexity index is 1530. The fourth-order valence-corrected chi connectivity index (χ4v) is 4.87. The van der Waals surface area contributed by atoms with Crippen LogP contribution in [0.2, 0.25) is 0 Å². The number of hydrogen-bond donors (Lipinski definition) is 1. The third-order valence-corrected chi connectivity index (χ3v) is 6.55. The smallest absolute Gasteiger partial charge is 0.416 e. The van der Waals surface area contributed by atoms with Crippen LogP contribution in [0.3, 0.4) is 0 Å². The van der Waals surface area contributed by atoms with Gasteiger partial charge in [0.15, 0.2) is 0 Å². The van der Waals surface area contributed by atoms with Gasteiger partial charge in [-0.25, -0.2) is 4.98 Å². The summed E-state index contributed by atoms with van der Waals surface area (Å²) in [7, 11) is -3.76. The Kier molecular flexibility index (Phi) is 6.23. The Morgan fingerprint density at radius 3 is 2.54 bits per heavy atom. The number of halogens is 3. The van der Waals surface area contributed by atoms with Crippen LogP contribution < -0.4 is 14.7 Å². The van der Waals surface area contributed by atoms with E-state index in [-0.39, 0.29) is 21.9 Å². The van der Waals surface area contributed by atoms with Gasteiger partial charge in [0, 0.05) is 17.7 Å². The normalized spacial score (nSPS) is 13.1. The molecule has 35 heavy (non-hydrogen) atoms. The van der Waals surface area contributed by atoms with Crippen molar-refractivity contribution in [1.82, 2.24) is 9.55 Å². The second kappa shape index (κ2) is 8.89. The van der Waals surface area contributed by atoms with Gasteiger partial charge in [-0.15, -0.1) is 11.3 Å². The van der Waals surface area contributed by atoms with E-state index in [9.17, 15) is 26.4 Å². The van der Waals surface area contributed by atoms with Crippen LogP contribution in [-0.4, -0.2) is 30.1 Å². The number of nitrogens with zero attached hydrogens (tertiary/aromatic N) is 2. The van der Waals surface area contributed by atoms with Gasteiger partial charge < -0.3 is 14.7 Å². The molecular formula is C22H18F3N3O5S2. The third kappa shape index (κ3) is 5.25. The summed E-state index contributed by atoms with van der Waals surface area (Å²) in [6.45, 7) is 1.44. The molecule has 2 aromatic heterocycles. The lowest BCUT2D eigenvalue weighted by Gasteiger charge is -2.19. The SMILES string of the molecule is C[C@@H](Oc1cc(-n2cnc3ccc(OS(C)(=O)=O)cc32)sc1C(N)=O)c1ccccc1C(F)(F)F. The largest absolute Gasteiger partial charge is 0.484 e. The minimum Gasteiger partial charge on any atom is -0.484 e. The maximum Gasteiger partial charge on any atom is 0.416 e. The molecule has 184 valence electrons. The number of nitrogens with two attached hydrogens (primary N) is 1. The Balaban J connectivity index is 1.73. The van der Waals surface area contributed by atoms with Crippen LogP contribution in [-0.2, 0) is 16.3 Å². The van der Waals surface area contributed by atoms with Crippen molar-refractivity contribution in [1.29, 1.82) is 0 Å². The quantitative estimate of drug-likeness (QED) is 0.351. The van der Waals surface area contributed by atoms with E-state index in [1.165, 1.54) is 49.6 Å². The van der Waals surface area contributed by atoms with Gasteiger partial charge in [-0.3, -0.25) is 9.36 Å². The zero-order chi connectivity index (χ0) is 25.5. The van der Waals surface area contributed by atoms with E-state index >= 15 is 0 Å². The second-order valence-electron chi connectivity index (χ2n) is 7.54. The number of aromatic nitrogens is 2. The van der Waals surface area contributed by atoms with Crippen molar-refractivity contribution < 1.29 is 35.3 Å². The van der Waals surface area contributed by atoms with E-state index in [1.807, 2.05) is 0 Å². The second-order valence-corrected chi connectivity index (χ2v) is 10.1. The molecule has 2 heterocycles. The Labute approximate surface area is 201 Å². The standard InChI is InChI=1S/C22H18F3N3O5S2/c1-12(14-5-3-4-6-15(14)22(23,24)25)32-18-10-19(34-20(18)21(26)29)28-11-27-16-8-7-13(9-17(16)28)33-35(2,30)31/h3-12H,1-2H3,(H2,26,29)/t12-/m1/s1. The highest BCUT2D eigenvalue weighted by molar-refractivity contribution is 7.86. The van der Waals surface area contributed by atoms with Crippen LogP contribution in [0.5, 0.6) is 11.5 Å². The molecule has 0 aliphatic heterocycles. The van der Waals surface area contributed by atoms with E-state index in [0.717, 1.165) is 23.7 Å². The van der Waals surface area contributed by atoms with Gasteiger partial charge >= 0.3 is 16.3 Å². The highest BCUT2D eigenvalue weighted by Gasteiger charge is 2.35. The van der Waals surface area contributed by atoms with Gasteiger partial charge in [0.25, 0.3) is 5.91 Å². The molecule has 2 N–H and O–H groups in total. The first-order chi connectivity index (χ1) is 16.3. The number of amides is 1. The fourth-order valence-electron chi connectivity index (χ4n) is 3.49. The molecule has 4 rings (SSSR count). The van der Waals surface area contributed by atoms with Crippen LogP contribution >= 0.6 is 11.3 Å². The molecule has 0 bridgehead atoms. The highest BCUT2D eigenvalue weighted by Crippen LogP contribution is 2.39. The monoisotopic (exact) mass is 525 g/mol. The number of ether oxygens (including phenoxy) is 1. The molecule has 4 aromatic rings. The predicted molar refractivity (Wildman–Crippen MR) is 123 cm³/mol. The number of alkyl halides is 3. The third-order valence-electron chi connectivity index (χ3n) is 4.92. The lowest BCUT2D eigenvalue weighted by atomic mass is 10.0. The van der Waals surface area contributed by atoms with Gasteiger partial charge in [0.2, 0.25) is 0 Å². The molecule has 1 atom stereocenters. The van der Waals surface area contributed by atoms with Crippen LogP contribution in [0.4, 0.5) is 13.2 Å². The van der Waals surface area contributed by atoms with E-state index in [2.05, 4.69) is 4.98 Å². The Morgan fingerprint density at radius 1 is 1.17 bits per heavy atom. The average Bonchev–Trinajstić information content (AvgIpc) is 3.35. The van der Waals surface area contributed by atoms with Gasteiger partial charge in [0.05, 0.1) is 22.9 Å². The van der Waals surface area contributed by atoms with E-state index < -0.39 is 33.9 Å². The van der Waals surface area contributed by atoms with Crippen LogP contribution in [0.15, 0.2) is 54.9 Å². The van der Waals surface area contributed by atoms with Crippen molar-refractivity contribution in [3.63, 3.8) is 0 Å². The van der Waals surface area contributed by atoms with E-state index in [0.29, 0.717) is 16.0 Å². The summed E-state index contributed by atoms with van der Waals surface area (Å²) < 4.78 is 75.5. The minimum absolute atomic E-state index is 0.00160. The summed E-state index contributed by atoms with van der Waals surface area (Å²) in [5.41, 5.74) is 5.53.